The van der Waals surface area contributed by atoms with E-state index in [0.29, 0.717) is 12.5 Å². The van der Waals surface area contributed by atoms with E-state index in [2.05, 4.69) is 15.3 Å². The number of nitrogens with one attached hydrogen (secondary N) is 1. The van der Waals surface area contributed by atoms with E-state index in [1.807, 2.05) is 26.8 Å². The van der Waals surface area contributed by atoms with Gasteiger partial charge in [-0.3, -0.25) is 0 Å². The molecule has 0 bridgehead atoms. The second kappa shape index (κ2) is 7.94. The molecule has 6 nitrogen and oxygen atoms in total. The lowest BCUT2D eigenvalue weighted by molar-refractivity contribution is 0.0531. The van der Waals surface area contributed by atoms with Crippen LogP contribution in [0.15, 0.2) is 12.3 Å². The Kier molecular flexibility index (Phi) is 6.57. The van der Waals surface area contributed by atoms with E-state index in [-0.39, 0.29) is 6.09 Å². The zero-order valence-electron chi connectivity index (χ0n) is 12.2. The van der Waals surface area contributed by atoms with Crippen LogP contribution in [0.4, 0.5) is 10.7 Å². The first-order valence-electron chi connectivity index (χ1n) is 6.49. The lowest BCUT2D eigenvalue weighted by Gasteiger charge is -2.19. The fraction of sp³-hybridized carbons (Fsp3) is 0.615. The first-order valence-corrected chi connectivity index (χ1v) is 7.64. The summed E-state index contributed by atoms with van der Waals surface area (Å²) in [5.41, 5.74) is 5.98. The highest BCUT2D eigenvalue weighted by molar-refractivity contribution is 7.99. The number of aryl methyl sites for hydroxylation is 1. The fourth-order valence-electron chi connectivity index (χ4n) is 1.37. The molecule has 1 aromatic heterocycles. The number of nitrogens with two attached hydrogens (primary N) is 1. The zero-order chi connectivity index (χ0) is 15.0. The van der Waals surface area contributed by atoms with Crippen molar-refractivity contribution in [1.82, 2.24) is 15.3 Å². The van der Waals surface area contributed by atoms with Gasteiger partial charge in [0.25, 0.3) is 0 Å². The number of aromatic nitrogens is 2. The topological polar surface area (TPSA) is 90.1 Å². The van der Waals surface area contributed by atoms with Gasteiger partial charge in [-0.15, -0.1) is 0 Å². The summed E-state index contributed by atoms with van der Waals surface area (Å²) >= 11 is 1.74. The molecule has 1 heterocycles. The average molecular weight is 298 g/mol. The molecule has 0 saturated heterocycles. The fourth-order valence-corrected chi connectivity index (χ4v) is 2.17. The minimum absolute atomic E-state index is 0.305. The number of carbonyl (C=O) groups is 1. The molecule has 0 saturated carbocycles. The largest absolute Gasteiger partial charge is 0.444 e. The van der Waals surface area contributed by atoms with E-state index in [4.69, 9.17) is 10.5 Å². The molecule has 0 spiro atoms. The normalized spacial score (nSPS) is 11.2. The van der Waals surface area contributed by atoms with Gasteiger partial charge in [0.05, 0.1) is 0 Å². The molecule has 7 heteroatoms. The van der Waals surface area contributed by atoms with Gasteiger partial charge in [-0.05, 0) is 39.0 Å². The van der Waals surface area contributed by atoms with E-state index in [1.54, 1.807) is 18.0 Å². The highest BCUT2D eigenvalue weighted by atomic mass is 32.2. The maximum absolute atomic E-state index is 11.4. The lowest BCUT2D eigenvalue weighted by atomic mass is 10.2. The van der Waals surface area contributed by atoms with Crippen molar-refractivity contribution < 1.29 is 9.53 Å². The maximum atomic E-state index is 11.4. The van der Waals surface area contributed by atoms with Crippen molar-refractivity contribution in [3.63, 3.8) is 0 Å². The third kappa shape index (κ3) is 7.83. The molecular formula is C13H22N4O2S. The molecule has 0 atom stereocenters. The first kappa shape index (κ1) is 16.6. The zero-order valence-corrected chi connectivity index (χ0v) is 13.0. The molecule has 0 fully saturated rings. The Morgan fingerprint density at radius 2 is 2.20 bits per heavy atom. The molecular weight excluding hydrogens is 276 g/mol. The maximum Gasteiger partial charge on any atom is 0.407 e. The molecule has 0 aliphatic carbocycles. The smallest absolute Gasteiger partial charge is 0.407 e. The van der Waals surface area contributed by atoms with E-state index in [1.165, 1.54) is 0 Å². The number of nitrogens with zero attached hydrogens (tertiary/aromatic N) is 2. The van der Waals surface area contributed by atoms with Crippen LogP contribution >= 0.6 is 11.8 Å². The summed E-state index contributed by atoms with van der Waals surface area (Å²) in [6, 6.07) is 1.86. The van der Waals surface area contributed by atoms with Crippen molar-refractivity contribution in [2.75, 3.05) is 23.8 Å². The quantitative estimate of drug-likeness (QED) is 0.779. The van der Waals surface area contributed by atoms with Crippen LogP contribution in [-0.2, 0) is 11.2 Å². The van der Waals surface area contributed by atoms with Gasteiger partial charge in [0, 0.05) is 24.2 Å². The first-order chi connectivity index (χ1) is 9.37. The summed E-state index contributed by atoms with van der Waals surface area (Å²) in [5, 5.41) is 2.72. The van der Waals surface area contributed by atoms with Crippen LogP contribution in [0.1, 0.15) is 26.5 Å². The van der Waals surface area contributed by atoms with Crippen molar-refractivity contribution in [2.45, 2.75) is 32.8 Å². The predicted molar refractivity (Wildman–Crippen MR) is 81.7 cm³/mol. The van der Waals surface area contributed by atoms with Gasteiger partial charge in [0.15, 0.2) is 0 Å². The number of carbonyl (C=O) groups excluding carboxylic acids is 1. The Labute approximate surface area is 123 Å². The third-order valence-electron chi connectivity index (χ3n) is 2.15. The SMILES string of the molecule is CC(C)(C)OC(=O)NCCSCCc1ccnc(N)n1. The Morgan fingerprint density at radius 1 is 1.45 bits per heavy atom. The number of rotatable bonds is 6. The van der Waals surface area contributed by atoms with Crippen molar-refractivity contribution in [3.05, 3.63) is 18.0 Å². The molecule has 0 aliphatic rings. The van der Waals surface area contributed by atoms with Crippen molar-refractivity contribution in [3.8, 4) is 0 Å². The number of thioether (sulfide) groups is 1. The monoisotopic (exact) mass is 298 g/mol. The second-order valence-corrected chi connectivity index (χ2v) is 6.42. The van der Waals surface area contributed by atoms with Gasteiger partial charge in [-0.1, -0.05) is 0 Å². The van der Waals surface area contributed by atoms with E-state index in [9.17, 15) is 4.79 Å². The summed E-state index contributed by atoms with van der Waals surface area (Å²) in [6.45, 7) is 6.11. The van der Waals surface area contributed by atoms with Crippen molar-refractivity contribution in [2.24, 2.45) is 0 Å². The summed E-state index contributed by atoms with van der Waals surface area (Å²) in [5.74, 6) is 2.06. The van der Waals surface area contributed by atoms with Crippen LogP contribution in [0.5, 0.6) is 0 Å². The predicted octanol–water partition coefficient (Wildman–Crippen LogP) is 1.86. The second-order valence-electron chi connectivity index (χ2n) is 5.20. The lowest BCUT2D eigenvalue weighted by Crippen LogP contribution is -2.33. The van der Waals surface area contributed by atoms with Crippen molar-refractivity contribution >= 4 is 23.8 Å². The molecule has 1 rings (SSSR count). The van der Waals surface area contributed by atoms with E-state index in [0.717, 1.165) is 23.6 Å². The van der Waals surface area contributed by atoms with Gasteiger partial charge in [0.1, 0.15) is 5.60 Å². The van der Waals surface area contributed by atoms with Crippen molar-refractivity contribution in [1.29, 1.82) is 0 Å². The van der Waals surface area contributed by atoms with Crippen LogP contribution < -0.4 is 11.1 Å². The van der Waals surface area contributed by atoms with Crippen LogP contribution in [0, 0.1) is 0 Å². The molecule has 1 amide bonds. The summed E-state index contributed by atoms with van der Waals surface area (Å²) in [4.78, 5) is 19.3. The Morgan fingerprint density at radius 3 is 2.85 bits per heavy atom. The molecule has 0 aromatic carbocycles. The van der Waals surface area contributed by atoms with Gasteiger partial charge < -0.3 is 15.8 Å². The van der Waals surface area contributed by atoms with Crippen LogP contribution in [0.2, 0.25) is 0 Å². The highest BCUT2D eigenvalue weighted by Crippen LogP contribution is 2.07. The Bertz CT molecular complexity index is 435. The molecule has 112 valence electrons. The average Bonchev–Trinajstić information content (AvgIpc) is 2.31. The van der Waals surface area contributed by atoms with Gasteiger partial charge in [0.2, 0.25) is 5.95 Å². The number of hydrogen-bond acceptors (Lipinski definition) is 6. The van der Waals surface area contributed by atoms with E-state index < -0.39 is 5.60 Å². The van der Waals surface area contributed by atoms with Crippen LogP contribution in [0.25, 0.3) is 0 Å². The number of anilines is 1. The highest BCUT2D eigenvalue weighted by Gasteiger charge is 2.15. The molecule has 1 aromatic rings. The third-order valence-corrected chi connectivity index (χ3v) is 3.13. The Hall–Kier alpha value is -1.50. The molecule has 20 heavy (non-hydrogen) atoms. The minimum Gasteiger partial charge on any atom is -0.444 e. The summed E-state index contributed by atoms with van der Waals surface area (Å²) < 4.78 is 5.14. The molecule has 3 N–H and O–H groups in total. The minimum atomic E-state index is -0.454. The van der Waals surface area contributed by atoms with Crippen LogP contribution in [-0.4, -0.2) is 39.7 Å². The van der Waals surface area contributed by atoms with E-state index >= 15 is 0 Å². The Balaban J connectivity index is 2.07. The molecule has 0 aliphatic heterocycles. The number of ether oxygens (including phenoxy) is 1. The van der Waals surface area contributed by atoms with Gasteiger partial charge in [-0.25, -0.2) is 14.8 Å². The number of hydrogen-bond donors (Lipinski definition) is 2. The number of nitrogen functional groups attached to an aromatic ring is 1. The standard InChI is InChI=1S/C13H22N4O2S/c1-13(2,3)19-12(18)16-7-9-20-8-5-10-4-6-15-11(14)17-10/h4,6H,5,7-9H2,1-3H3,(H,16,18)(H2,14,15,17). The summed E-state index contributed by atoms with van der Waals surface area (Å²) in [6.07, 6.45) is 2.12. The molecule has 0 radical (unpaired) electrons. The van der Waals surface area contributed by atoms with Crippen LogP contribution in [0.3, 0.4) is 0 Å². The van der Waals surface area contributed by atoms with Gasteiger partial charge in [-0.2, -0.15) is 11.8 Å². The number of amides is 1. The van der Waals surface area contributed by atoms with Gasteiger partial charge >= 0.3 is 6.09 Å². The molecule has 0 unspecified atom stereocenters. The number of alkyl carbamates (subject to hydrolysis) is 1. The summed E-state index contributed by atoms with van der Waals surface area (Å²) in [7, 11) is 0.